The van der Waals surface area contributed by atoms with Crippen LogP contribution in [0.2, 0.25) is 0 Å². The summed E-state index contributed by atoms with van der Waals surface area (Å²) in [5.41, 5.74) is 8.04. The number of nitrogens with zero attached hydrogens (tertiary/aromatic N) is 4. The monoisotopic (exact) mass is 494 g/mol. The summed E-state index contributed by atoms with van der Waals surface area (Å²) in [4.78, 5) is 12.9. The van der Waals surface area contributed by atoms with Gasteiger partial charge in [-0.05, 0) is 62.8 Å². The zero-order valence-electron chi connectivity index (χ0n) is 20.5. The summed E-state index contributed by atoms with van der Waals surface area (Å²) in [7, 11) is 1.81. The average Bonchev–Trinajstić information content (AvgIpc) is 3.39. The lowest BCUT2D eigenvalue weighted by molar-refractivity contribution is -0.228. The number of pyridine rings is 1. The number of hydrogen-bond donors (Lipinski definition) is 4. The molecule has 0 amide bonds. The maximum Gasteiger partial charge on any atom is 0.165 e. The van der Waals surface area contributed by atoms with Gasteiger partial charge in [-0.1, -0.05) is 12.1 Å². The van der Waals surface area contributed by atoms with Crippen molar-refractivity contribution in [2.75, 3.05) is 18.1 Å². The molecule has 5 N–H and O–H groups in total. The maximum atomic E-state index is 13.7. The fraction of sp³-hybridized carbons (Fsp3) is 0.423. The van der Waals surface area contributed by atoms with Gasteiger partial charge in [0.1, 0.15) is 23.9 Å². The maximum absolute atomic E-state index is 13.7. The Morgan fingerprint density at radius 1 is 1.25 bits per heavy atom. The van der Waals surface area contributed by atoms with Crippen LogP contribution in [0.5, 0.6) is 0 Å². The first-order valence-corrected chi connectivity index (χ1v) is 12.1. The van der Waals surface area contributed by atoms with Crippen molar-refractivity contribution in [1.82, 2.24) is 19.5 Å². The minimum absolute atomic E-state index is 0.0765. The first-order chi connectivity index (χ1) is 17.1. The van der Waals surface area contributed by atoms with Crippen molar-refractivity contribution >= 4 is 33.6 Å². The quantitative estimate of drug-likeness (QED) is 0.288. The third-order valence-corrected chi connectivity index (χ3v) is 6.94. The number of anilines is 2. The third-order valence-electron chi connectivity index (χ3n) is 6.94. The number of nitrogens with two attached hydrogens (primary N) is 1. The Balaban J connectivity index is 1.40. The predicted molar refractivity (Wildman–Crippen MR) is 136 cm³/mol. The van der Waals surface area contributed by atoms with E-state index in [1.54, 1.807) is 13.8 Å². The molecular weight excluding hydrogens is 463 g/mol. The van der Waals surface area contributed by atoms with Crippen LogP contribution in [0.4, 0.5) is 16.0 Å². The molecule has 190 valence electrons. The molecule has 36 heavy (non-hydrogen) atoms. The van der Waals surface area contributed by atoms with Gasteiger partial charge in [-0.3, -0.25) is 0 Å². The van der Waals surface area contributed by atoms with Gasteiger partial charge >= 0.3 is 0 Å². The second-order valence-electron chi connectivity index (χ2n) is 9.94. The van der Waals surface area contributed by atoms with E-state index in [1.807, 2.05) is 42.1 Å². The van der Waals surface area contributed by atoms with Gasteiger partial charge in [0, 0.05) is 18.6 Å². The van der Waals surface area contributed by atoms with E-state index in [0.717, 1.165) is 22.4 Å². The zero-order valence-corrected chi connectivity index (χ0v) is 20.5. The van der Waals surface area contributed by atoms with Gasteiger partial charge in [-0.15, -0.1) is 0 Å². The predicted octanol–water partition coefficient (Wildman–Crippen LogP) is 3.41. The topological polar surface area (TPSA) is 131 Å². The Kier molecular flexibility index (Phi) is 6.27. The number of nitrogen functional groups attached to an aromatic ring is 1. The van der Waals surface area contributed by atoms with Gasteiger partial charge in [0.25, 0.3) is 0 Å². The Morgan fingerprint density at radius 2 is 2.06 bits per heavy atom. The molecule has 0 saturated heterocycles. The van der Waals surface area contributed by atoms with Gasteiger partial charge in [0.05, 0.1) is 23.0 Å². The first-order valence-electron chi connectivity index (χ1n) is 12.1. The van der Waals surface area contributed by atoms with Crippen molar-refractivity contribution in [3.8, 4) is 0 Å². The molecule has 3 heterocycles. The van der Waals surface area contributed by atoms with Crippen LogP contribution in [-0.2, 0) is 11.2 Å². The van der Waals surface area contributed by atoms with Crippen LogP contribution in [0.15, 0.2) is 42.9 Å². The van der Waals surface area contributed by atoms with Crippen LogP contribution < -0.4 is 11.1 Å². The molecular formula is C26H31FN6O3. The Bertz CT molecular complexity index is 1400. The molecule has 4 aromatic rings. The zero-order chi connectivity index (χ0) is 25.6. The van der Waals surface area contributed by atoms with Crippen LogP contribution in [0.25, 0.3) is 21.9 Å². The fourth-order valence-corrected chi connectivity index (χ4v) is 5.27. The number of halogens is 1. The molecule has 1 aliphatic rings. The van der Waals surface area contributed by atoms with E-state index in [4.69, 9.17) is 10.5 Å². The first kappa shape index (κ1) is 24.4. The highest BCUT2D eigenvalue weighted by Crippen LogP contribution is 2.42. The lowest BCUT2D eigenvalue weighted by Gasteiger charge is -2.30. The van der Waals surface area contributed by atoms with Crippen LogP contribution >= 0.6 is 0 Å². The number of fused-ring (bicyclic) bond motifs is 2. The largest absolute Gasteiger partial charge is 0.390 e. The molecule has 0 aliphatic heterocycles. The average molecular weight is 495 g/mol. The number of rotatable bonds is 7. The Hall–Kier alpha value is -3.34. The van der Waals surface area contributed by atoms with Crippen molar-refractivity contribution in [2.45, 2.75) is 57.1 Å². The lowest BCUT2D eigenvalue weighted by atomic mass is 9.95. The van der Waals surface area contributed by atoms with E-state index in [1.165, 1.54) is 12.4 Å². The summed E-state index contributed by atoms with van der Waals surface area (Å²) in [6.07, 6.45) is 4.06. The highest BCUT2D eigenvalue weighted by atomic mass is 19.1. The van der Waals surface area contributed by atoms with Gasteiger partial charge in [0.15, 0.2) is 17.4 Å². The normalized spacial score (nSPS) is 22.5. The van der Waals surface area contributed by atoms with E-state index in [0.29, 0.717) is 30.2 Å². The van der Waals surface area contributed by atoms with Gasteiger partial charge < -0.3 is 30.6 Å². The van der Waals surface area contributed by atoms with E-state index < -0.39 is 23.8 Å². The van der Waals surface area contributed by atoms with Gasteiger partial charge in [0.2, 0.25) is 0 Å². The Morgan fingerprint density at radius 3 is 2.81 bits per heavy atom. The number of aliphatic hydroxyl groups is 2. The SMILES string of the molecule is CNc1ncnc2c1ccn2[C@@H]1C[C@H](CCc2ccc3cc(F)c(N)nc3c2)[C@@H](O)[C@H]1OC(C)(C)O. The molecule has 1 saturated carbocycles. The number of nitrogens with one attached hydrogen (secondary N) is 1. The second-order valence-corrected chi connectivity index (χ2v) is 9.94. The molecule has 1 aromatic carbocycles. The van der Waals surface area contributed by atoms with E-state index in [9.17, 15) is 14.6 Å². The molecule has 4 atom stereocenters. The standard InChI is InChI=1S/C26H31FN6O3/c1-26(2,35)36-22-20(33-9-8-17-24(29-3)30-13-31-25(17)33)12-16(21(22)34)7-5-14-4-6-15-11-18(27)23(28)32-19(15)10-14/h4,6,8-11,13,16,20-22,34-35H,5,7,12H2,1-3H3,(H2,28,32)(H,29,30,31)/t16-,20+,21+,22-/m0/s1. The van der Waals surface area contributed by atoms with Crippen molar-refractivity contribution in [3.63, 3.8) is 0 Å². The third kappa shape index (κ3) is 4.59. The van der Waals surface area contributed by atoms with Gasteiger partial charge in [-0.25, -0.2) is 19.3 Å². The summed E-state index contributed by atoms with van der Waals surface area (Å²) in [5.74, 6) is -1.42. The number of benzene rings is 1. The van der Waals surface area contributed by atoms with Crippen LogP contribution in [-0.4, -0.2) is 54.8 Å². The molecule has 5 rings (SSSR count). The van der Waals surface area contributed by atoms with Crippen LogP contribution in [0, 0.1) is 11.7 Å². The smallest absolute Gasteiger partial charge is 0.165 e. The summed E-state index contributed by atoms with van der Waals surface area (Å²) < 4.78 is 21.7. The van der Waals surface area contributed by atoms with Crippen LogP contribution in [0.1, 0.15) is 38.3 Å². The molecule has 1 fully saturated rings. The van der Waals surface area contributed by atoms with Crippen molar-refractivity contribution in [3.05, 3.63) is 54.2 Å². The van der Waals surface area contributed by atoms with E-state index in [2.05, 4.69) is 20.3 Å². The number of hydrogen-bond acceptors (Lipinski definition) is 8. The molecule has 9 nitrogen and oxygen atoms in total. The van der Waals surface area contributed by atoms with E-state index >= 15 is 0 Å². The number of aliphatic hydroxyl groups excluding tert-OH is 1. The highest BCUT2D eigenvalue weighted by Gasteiger charge is 2.46. The summed E-state index contributed by atoms with van der Waals surface area (Å²) in [6.45, 7) is 3.13. The molecule has 0 spiro atoms. The fourth-order valence-electron chi connectivity index (χ4n) is 5.27. The van der Waals surface area contributed by atoms with Crippen molar-refractivity contribution in [2.24, 2.45) is 5.92 Å². The summed E-state index contributed by atoms with van der Waals surface area (Å²) in [5, 5.41) is 26.4. The minimum atomic E-state index is -1.41. The highest BCUT2D eigenvalue weighted by molar-refractivity contribution is 5.87. The van der Waals surface area contributed by atoms with Gasteiger partial charge in [-0.2, -0.15) is 0 Å². The second kappa shape index (κ2) is 9.27. The summed E-state index contributed by atoms with van der Waals surface area (Å²) in [6, 6.07) is 8.78. The number of aryl methyl sites for hydroxylation is 1. The number of aromatic nitrogens is 4. The molecule has 3 aromatic heterocycles. The summed E-state index contributed by atoms with van der Waals surface area (Å²) >= 11 is 0. The number of ether oxygens (including phenoxy) is 1. The Labute approximate surface area is 208 Å². The lowest BCUT2D eigenvalue weighted by Crippen LogP contribution is -2.40. The molecule has 1 aliphatic carbocycles. The molecule has 10 heteroatoms. The molecule has 0 bridgehead atoms. The van der Waals surface area contributed by atoms with Crippen molar-refractivity contribution in [1.29, 1.82) is 0 Å². The molecule has 0 radical (unpaired) electrons. The van der Waals surface area contributed by atoms with Crippen LogP contribution in [0.3, 0.4) is 0 Å². The van der Waals surface area contributed by atoms with E-state index in [-0.39, 0.29) is 17.8 Å². The minimum Gasteiger partial charge on any atom is -0.390 e. The molecule has 0 unspecified atom stereocenters. The van der Waals surface area contributed by atoms with Crippen molar-refractivity contribution < 1.29 is 19.3 Å².